The molecule has 0 aliphatic carbocycles. The summed E-state index contributed by atoms with van der Waals surface area (Å²) < 4.78 is 19.3. The van der Waals surface area contributed by atoms with Crippen LogP contribution in [0.15, 0.2) is 48.5 Å². The number of anilines is 1. The molecule has 2 rings (SSSR count). The molecule has 0 spiro atoms. The van der Waals surface area contributed by atoms with E-state index < -0.39 is 17.8 Å². The number of amides is 2. The summed E-state index contributed by atoms with van der Waals surface area (Å²) in [6.07, 6.45) is -0.534. The van der Waals surface area contributed by atoms with E-state index in [9.17, 15) is 14.0 Å². The van der Waals surface area contributed by atoms with Gasteiger partial charge < -0.3 is 15.4 Å². The van der Waals surface area contributed by atoms with Crippen molar-refractivity contribution in [3.63, 3.8) is 0 Å². The van der Waals surface area contributed by atoms with E-state index in [1.54, 1.807) is 43.3 Å². The first-order chi connectivity index (χ1) is 12.4. The minimum absolute atomic E-state index is 0.0142. The third-order valence-electron chi connectivity index (χ3n) is 3.62. The van der Waals surface area contributed by atoms with E-state index in [2.05, 4.69) is 10.6 Å². The van der Waals surface area contributed by atoms with Crippen LogP contribution in [0.25, 0.3) is 0 Å². The Hall–Kier alpha value is -2.89. The topological polar surface area (TPSA) is 67.4 Å². The van der Waals surface area contributed by atoms with Crippen molar-refractivity contribution >= 4 is 17.5 Å². The van der Waals surface area contributed by atoms with Crippen LogP contribution in [0.2, 0.25) is 0 Å². The Morgan fingerprint density at radius 3 is 2.38 bits per heavy atom. The number of rotatable bonds is 7. The second kappa shape index (κ2) is 8.99. The molecule has 0 heterocycles. The summed E-state index contributed by atoms with van der Waals surface area (Å²) in [7, 11) is 0. The van der Waals surface area contributed by atoms with Crippen LogP contribution in [0.5, 0.6) is 5.75 Å². The van der Waals surface area contributed by atoms with Crippen molar-refractivity contribution in [2.24, 2.45) is 0 Å². The van der Waals surface area contributed by atoms with Crippen molar-refractivity contribution in [3.05, 3.63) is 59.9 Å². The van der Waals surface area contributed by atoms with Crippen LogP contribution in [0.1, 0.15) is 37.6 Å². The highest BCUT2D eigenvalue weighted by atomic mass is 19.1. The monoisotopic (exact) mass is 358 g/mol. The highest BCUT2D eigenvalue weighted by molar-refractivity contribution is 6.04. The maximum atomic E-state index is 13.8. The van der Waals surface area contributed by atoms with Gasteiger partial charge in [-0.2, -0.15) is 0 Å². The molecule has 2 aromatic carbocycles. The first kappa shape index (κ1) is 19.4. The molecule has 0 fully saturated rings. The lowest BCUT2D eigenvalue weighted by atomic mass is 10.1. The molecule has 0 radical (unpaired) electrons. The lowest BCUT2D eigenvalue weighted by Crippen LogP contribution is -2.34. The second-order valence-electron chi connectivity index (χ2n) is 6.11. The van der Waals surface area contributed by atoms with Crippen LogP contribution >= 0.6 is 0 Å². The molecule has 5 nitrogen and oxygen atoms in total. The first-order valence-corrected chi connectivity index (χ1v) is 8.54. The van der Waals surface area contributed by atoms with Gasteiger partial charge in [0.15, 0.2) is 17.7 Å². The van der Waals surface area contributed by atoms with Gasteiger partial charge in [0.25, 0.3) is 11.8 Å². The van der Waals surface area contributed by atoms with Gasteiger partial charge >= 0.3 is 0 Å². The van der Waals surface area contributed by atoms with Crippen LogP contribution in [0.3, 0.4) is 0 Å². The van der Waals surface area contributed by atoms with Gasteiger partial charge in [-0.25, -0.2) is 4.39 Å². The minimum Gasteiger partial charge on any atom is -0.478 e. The maximum Gasteiger partial charge on any atom is 0.265 e. The van der Waals surface area contributed by atoms with Crippen LogP contribution in [-0.4, -0.2) is 24.0 Å². The van der Waals surface area contributed by atoms with Crippen LogP contribution in [0, 0.1) is 5.82 Å². The van der Waals surface area contributed by atoms with Crippen molar-refractivity contribution in [1.29, 1.82) is 0 Å². The summed E-state index contributed by atoms with van der Waals surface area (Å²) in [5.74, 6) is -1.24. The van der Waals surface area contributed by atoms with Gasteiger partial charge in [0, 0.05) is 6.04 Å². The van der Waals surface area contributed by atoms with Gasteiger partial charge in [-0.15, -0.1) is 0 Å². The molecule has 2 N–H and O–H groups in total. The minimum atomic E-state index is -0.881. The smallest absolute Gasteiger partial charge is 0.265 e. The Bertz CT molecular complexity index is 777. The van der Waals surface area contributed by atoms with Gasteiger partial charge in [-0.1, -0.05) is 31.2 Å². The van der Waals surface area contributed by atoms with E-state index in [4.69, 9.17) is 4.74 Å². The fourth-order valence-corrected chi connectivity index (χ4v) is 2.36. The highest BCUT2D eigenvalue weighted by Gasteiger charge is 2.22. The van der Waals surface area contributed by atoms with Crippen molar-refractivity contribution in [2.75, 3.05) is 5.32 Å². The van der Waals surface area contributed by atoms with Gasteiger partial charge in [-0.05, 0) is 44.5 Å². The first-order valence-electron chi connectivity index (χ1n) is 8.54. The number of halogens is 1. The van der Waals surface area contributed by atoms with Crippen LogP contribution < -0.4 is 15.4 Å². The second-order valence-corrected chi connectivity index (χ2v) is 6.11. The fourth-order valence-electron chi connectivity index (χ4n) is 2.36. The molecular weight excluding hydrogens is 335 g/mol. The Labute approximate surface area is 152 Å². The normalized spacial score (nSPS) is 11.7. The van der Waals surface area contributed by atoms with E-state index in [-0.39, 0.29) is 17.7 Å². The zero-order valence-electron chi connectivity index (χ0n) is 15.1. The number of hydrogen-bond donors (Lipinski definition) is 2. The third-order valence-corrected chi connectivity index (χ3v) is 3.62. The molecule has 6 heteroatoms. The van der Waals surface area contributed by atoms with Crippen LogP contribution in [0.4, 0.5) is 10.1 Å². The number of carbonyl (C=O) groups excluding carboxylic acids is 2. The summed E-state index contributed by atoms with van der Waals surface area (Å²) in [4.78, 5) is 24.9. The number of ether oxygens (including phenoxy) is 1. The molecule has 2 amide bonds. The van der Waals surface area contributed by atoms with E-state index in [1.807, 2.05) is 13.8 Å². The molecule has 0 aliphatic heterocycles. The average molecular weight is 358 g/mol. The van der Waals surface area contributed by atoms with Gasteiger partial charge in [0.2, 0.25) is 0 Å². The Morgan fingerprint density at radius 1 is 1.08 bits per heavy atom. The molecule has 26 heavy (non-hydrogen) atoms. The lowest BCUT2D eigenvalue weighted by Gasteiger charge is -2.19. The standard InChI is InChI=1S/C20H23FN2O3/c1-4-17(26-18-12-8-6-10-15(18)21)20(25)23-16-11-7-5-9-14(16)19(24)22-13(2)3/h5-13,17H,4H2,1-3H3,(H,22,24)(H,23,25)/t17-/m0/s1. The maximum absolute atomic E-state index is 13.8. The molecule has 0 saturated carbocycles. The predicted molar refractivity (Wildman–Crippen MR) is 98.8 cm³/mol. The largest absolute Gasteiger partial charge is 0.478 e. The number of nitrogens with one attached hydrogen (secondary N) is 2. The van der Waals surface area contributed by atoms with Gasteiger partial charge in [0.05, 0.1) is 11.3 Å². The summed E-state index contributed by atoms with van der Waals surface area (Å²) in [6.45, 7) is 5.48. The fraction of sp³-hybridized carbons (Fsp3) is 0.300. The lowest BCUT2D eigenvalue weighted by molar-refractivity contribution is -0.122. The quantitative estimate of drug-likeness (QED) is 0.792. The average Bonchev–Trinajstić information content (AvgIpc) is 2.60. The number of hydrogen-bond acceptors (Lipinski definition) is 3. The number of para-hydroxylation sites is 2. The summed E-state index contributed by atoms with van der Waals surface area (Å²) in [5.41, 5.74) is 0.738. The molecular formula is C20H23FN2O3. The van der Waals surface area contributed by atoms with Gasteiger partial charge in [-0.3, -0.25) is 9.59 Å². The van der Waals surface area contributed by atoms with Crippen molar-refractivity contribution in [1.82, 2.24) is 5.32 Å². The third kappa shape index (κ3) is 5.05. The summed E-state index contributed by atoms with van der Waals surface area (Å²) >= 11 is 0. The van der Waals surface area contributed by atoms with Crippen molar-refractivity contribution in [3.8, 4) is 5.75 Å². The zero-order chi connectivity index (χ0) is 19.1. The van der Waals surface area contributed by atoms with Gasteiger partial charge in [0.1, 0.15) is 0 Å². The molecule has 0 saturated heterocycles. The Balaban J connectivity index is 2.15. The van der Waals surface area contributed by atoms with E-state index in [0.29, 0.717) is 17.7 Å². The summed E-state index contributed by atoms with van der Waals surface area (Å²) in [5, 5.41) is 5.50. The van der Waals surface area contributed by atoms with E-state index in [0.717, 1.165) is 0 Å². The Morgan fingerprint density at radius 2 is 1.73 bits per heavy atom. The molecule has 0 aliphatic rings. The van der Waals surface area contributed by atoms with E-state index in [1.165, 1.54) is 12.1 Å². The SMILES string of the molecule is CC[C@H](Oc1ccccc1F)C(=O)Nc1ccccc1C(=O)NC(C)C. The number of benzene rings is 2. The molecule has 2 aromatic rings. The molecule has 1 atom stereocenters. The Kier molecular flexibility index (Phi) is 6.72. The number of carbonyl (C=O) groups is 2. The molecule has 0 aromatic heterocycles. The highest BCUT2D eigenvalue weighted by Crippen LogP contribution is 2.20. The van der Waals surface area contributed by atoms with Crippen LogP contribution in [-0.2, 0) is 4.79 Å². The summed E-state index contributed by atoms with van der Waals surface area (Å²) in [6, 6.07) is 12.6. The van der Waals surface area contributed by atoms with Crippen molar-refractivity contribution < 1.29 is 18.7 Å². The molecule has 0 bridgehead atoms. The zero-order valence-corrected chi connectivity index (χ0v) is 15.1. The predicted octanol–water partition coefficient (Wildman–Crippen LogP) is 3.76. The molecule has 0 unspecified atom stereocenters. The van der Waals surface area contributed by atoms with E-state index >= 15 is 0 Å². The molecule has 138 valence electrons. The van der Waals surface area contributed by atoms with Crippen molar-refractivity contribution in [2.45, 2.75) is 39.3 Å².